The van der Waals surface area contributed by atoms with Gasteiger partial charge in [-0.1, -0.05) is 49.4 Å². The molecule has 0 spiro atoms. The van der Waals surface area contributed by atoms with Gasteiger partial charge < -0.3 is 10.6 Å². The van der Waals surface area contributed by atoms with Crippen molar-refractivity contribution in [3.8, 4) is 0 Å². The van der Waals surface area contributed by atoms with Crippen LogP contribution in [0.1, 0.15) is 37.9 Å². The van der Waals surface area contributed by atoms with E-state index in [1.165, 1.54) is 16.8 Å². The molecule has 2 aromatic rings. The summed E-state index contributed by atoms with van der Waals surface area (Å²) in [4.78, 5) is 4.81. The molecule has 3 heteroatoms. The second kappa shape index (κ2) is 9.45. The van der Waals surface area contributed by atoms with Crippen LogP contribution in [0, 0.1) is 0 Å². The molecule has 1 atom stereocenters. The molecule has 0 aliphatic heterocycles. The lowest BCUT2D eigenvalue weighted by Gasteiger charge is -2.31. The second-order valence-corrected chi connectivity index (χ2v) is 6.06. The third-order valence-electron chi connectivity index (χ3n) is 4.71. The highest BCUT2D eigenvalue weighted by Gasteiger charge is 2.18. The van der Waals surface area contributed by atoms with Crippen molar-refractivity contribution in [3.63, 3.8) is 0 Å². The molecule has 3 nitrogen and oxygen atoms in total. The lowest BCUT2D eigenvalue weighted by Crippen LogP contribution is -2.33. The summed E-state index contributed by atoms with van der Waals surface area (Å²) in [5, 5.41) is 0. The molecule has 0 amide bonds. The molecule has 130 valence electrons. The molecule has 0 aromatic heterocycles. The minimum atomic E-state index is 0.251. The van der Waals surface area contributed by atoms with Crippen LogP contribution in [0.25, 0.3) is 0 Å². The molecule has 1 unspecified atom stereocenters. The molecule has 0 bridgehead atoms. The van der Waals surface area contributed by atoms with Crippen molar-refractivity contribution in [1.29, 1.82) is 0 Å². The van der Waals surface area contributed by atoms with Crippen molar-refractivity contribution in [2.24, 2.45) is 5.73 Å². The number of rotatable bonds is 9. The molecule has 0 radical (unpaired) electrons. The van der Waals surface area contributed by atoms with E-state index in [9.17, 15) is 0 Å². The molecular formula is C21H31N3. The van der Waals surface area contributed by atoms with Gasteiger partial charge in [0.25, 0.3) is 0 Å². The number of nitrogens with two attached hydrogens (primary N) is 1. The van der Waals surface area contributed by atoms with Gasteiger partial charge in [-0.15, -0.1) is 0 Å². The van der Waals surface area contributed by atoms with E-state index in [-0.39, 0.29) is 6.04 Å². The Morgan fingerprint density at radius 3 is 1.96 bits per heavy atom. The standard InChI is InChI=1S/C21H31N3/c1-4-23(5-2)20-14-12-19(13-15-20)21(16-22)24(6-3)17-18-10-8-7-9-11-18/h7-15,21H,4-6,16-17,22H2,1-3H3. The predicted octanol–water partition coefficient (Wildman–Crippen LogP) is 4.05. The van der Waals surface area contributed by atoms with E-state index in [0.717, 1.165) is 26.2 Å². The molecule has 0 aliphatic rings. The number of likely N-dealkylation sites (N-methyl/N-ethyl adjacent to an activating group) is 1. The zero-order chi connectivity index (χ0) is 17.4. The minimum absolute atomic E-state index is 0.251. The number of anilines is 1. The molecule has 0 saturated heterocycles. The van der Waals surface area contributed by atoms with Crippen LogP contribution in [0.5, 0.6) is 0 Å². The Labute approximate surface area is 147 Å². The normalized spacial score (nSPS) is 12.4. The molecule has 2 aromatic carbocycles. The van der Waals surface area contributed by atoms with Crippen LogP contribution in [0.15, 0.2) is 54.6 Å². The van der Waals surface area contributed by atoms with Gasteiger partial charge in [0.2, 0.25) is 0 Å². The Bertz CT molecular complexity index is 576. The van der Waals surface area contributed by atoms with Crippen LogP contribution in [0.4, 0.5) is 5.69 Å². The third kappa shape index (κ3) is 4.59. The molecule has 24 heavy (non-hydrogen) atoms. The minimum Gasteiger partial charge on any atom is -0.372 e. The fourth-order valence-electron chi connectivity index (χ4n) is 3.25. The predicted molar refractivity (Wildman–Crippen MR) is 104 cm³/mol. The lowest BCUT2D eigenvalue weighted by molar-refractivity contribution is 0.203. The van der Waals surface area contributed by atoms with Gasteiger partial charge in [-0.05, 0) is 43.7 Å². The van der Waals surface area contributed by atoms with Crippen LogP contribution in [-0.2, 0) is 6.54 Å². The second-order valence-electron chi connectivity index (χ2n) is 6.06. The van der Waals surface area contributed by atoms with Crippen molar-refractivity contribution in [2.75, 3.05) is 31.1 Å². The molecule has 0 heterocycles. The highest BCUT2D eigenvalue weighted by atomic mass is 15.2. The number of nitrogens with zero attached hydrogens (tertiary/aromatic N) is 2. The van der Waals surface area contributed by atoms with Gasteiger partial charge in [0.15, 0.2) is 0 Å². The molecule has 2 rings (SSSR count). The van der Waals surface area contributed by atoms with Crippen LogP contribution in [0.2, 0.25) is 0 Å². The Morgan fingerprint density at radius 1 is 0.833 bits per heavy atom. The van der Waals surface area contributed by atoms with Crippen molar-refractivity contribution in [3.05, 3.63) is 65.7 Å². The SMILES string of the molecule is CCN(CC)c1ccc(C(CN)N(CC)Cc2ccccc2)cc1. The van der Waals surface area contributed by atoms with Crippen LogP contribution in [-0.4, -0.2) is 31.1 Å². The van der Waals surface area contributed by atoms with Gasteiger partial charge in [0, 0.05) is 37.9 Å². The first-order valence-corrected chi connectivity index (χ1v) is 9.06. The zero-order valence-electron chi connectivity index (χ0n) is 15.3. The molecule has 2 N–H and O–H groups in total. The maximum absolute atomic E-state index is 6.13. The Hall–Kier alpha value is -1.84. The van der Waals surface area contributed by atoms with E-state index >= 15 is 0 Å². The van der Waals surface area contributed by atoms with Gasteiger partial charge in [0.05, 0.1) is 0 Å². The summed E-state index contributed by atoms with van der Waals surface area (Å²) in [5.41, 5.74) is 10.0. The van der Waals surface area contributed by atoms with Gasteiger partial charge in [0.1, 0.15) is 0 Å². The largest absolute Gasteiger partial charge is 0.372 e. The van der Waals surface area contributed by atoms with Crippen molar-refractivity contribution < 1.29 is 0 Å². The smallest absolute Gasteiger partial charge is 0.0473 e. The summed E-state index contributed by atoms with van der Waals surface area (Å²) in [6.45, 7) is 11.2. The first-order chi connectivity index (χ1) is 11.7. The van der Waals surface area contributed by atoms with Gasteiger partial charge in [-0.25, -0.2) is 0 Å². The van der Waals surface area contributed by atoms with Crippen molar-refractivity contribution in [1.82, 2.24) is 4.90 Å². The summed E-state index contributed by atoms with van der Waals surface area (Å²) in [7, 11) is 0. The summed E-state index contributed by atoms with van der Waals surface area (Å²) >= 11 is 0. The average Bonchev–Trinajstić information content (AvgIpc) is 2.64. The van der Waals surface area contributed by atoms with Crippen LogP contribution in [0.3, 0.4) is 0 Å². The monoisotopic (exact) mass is 325 g/mol. The number of hydrogen-bond donors (Lipinski definition) is 1. The highest BCUT2D eigenvalue weighted by Crippen LogP contribution is 2.24. The quantitative estimate of drug-likeness (QED) is 0.755. The molecule has 0 fully saturated rings. The van der Waals surface area contributed by atoms with Crippen molar-refractivity contribution >= 4 is 5.69 Å². The Balaban J connectivity index is 2.16. The number of hydrogen-bond acceptors (Lipinski definition) is 3. The van der Waals surface area contributed by atoms with Crippen molar-refractivity contribution in [2.45, 2.75) is 33.4 Å². The third-order valence-corrected chi connectivity index (χ3v) is 4.71. The highest BCUT2D eigenvalue weighted by molar-refractivity contribution is 5.47. The van der Waals surface area contributed by atoms with E-state index in [0.29, 0.717) is 6.54 Å². The Morgan fingerprint density at radius 2 is 1.46 bits per heavy atom. The maximum atomic E-state index is 6.13. The van der Waals surface area contributed by atoms with E-state index in [4.69, 9.17) is 5.73 Å². The van der Waals surface area contributed by atoms with E-state index in [1.54, 1.807) is 0 Å². The van der Waals surface area contributed by atoms with Gasteiger partial charge in [-0.2, -0.15) is 0 Å². The number of benzene rings is 2. The fourth-order valence-corrected chi connectivity index (χ4v) is 3.25. The molecule has 0 aliphatic carbocycles. The average molecular weight is 325 g/mol. The summed E-state index contributed by atoms with van der Waals surface area (Å²) in [5.74, 6) is 0. The topological polar surface area (TPSA) is 32.5 Å². The lowest BCUT2D eigenvalue weighted by atomic mass is 10.0. The van der Waals surface area contributed by atoms with E-state index < -0.39 is 0 Å². The first kappa shape index (κ1) is 18.5. The fraction of sp³-hybridized carbons (Fsp3) is 0.429. The zero-order valence-corrected chi connectivity index (χ0v) is 15.3. The van der Waals surface area contributed by atoms with E-state index in [1.807, 2.05) is 0 Å². The molecule has 0 saturated carbocycles. The Kier molecular flexibility index (Phi) is 7.29. The van der Waals surface area contributed by atoms with Gasteiger partial charge >= 0.3 is 0 Å². The molecular weight excluding hydrogens is 294 g/mol. The first-order valence-electron chi connectivity index (χ1n) is 9.06. The summed E-state index contributed by atoms with van der Waals surface area (Å²) in [6, 6.07) is 19.8. The maximum Gasteiger partial charge on any atom is 0.0473 e. The summed E-state index contributed by atoms with van der Waals surface area (Å²) in [6.07, 6.45) is 0. The van der Waals surface area contributed by atoms with Gasteiger partial charge in [-0.3, -0.25) is 4.90 Å². The summed E-state index contributed by atoms with van der Waals surface area (Å²) < 4.78 is 0. The van der Waals surface area contributed by atoms with Crippen LogP contribution >= 0.6 is 0 Å². The van der Waals surface area contributed by atoms with E-state index in [2.05, 4.69) is 85.2 Å². The van der Waals surface area contributed by atoms with Crippen LogP contribution < -0.4 is 10.6 Å².